The third kappa shape index (κ3) is 3.45. The number of thioether (sulfide) groups is 1. The lowest BCUT2D eigenvalue weighted by molar-refractivity contribution is -0.138. The van der Waals surface area contributed by atoms with Gasteiger partial charge in [0.15, 0.2) is 11.6 Å². The van der Waals surface area contributed by atoms with Gasteiger partial charge in [0.25, 0.3) is 0 Å². The first-order chi connectivity index (χ1) is 13.3. The minimum atomic E-state index is -1.08. The van der Waals surface area contributed by atoms with Gasteiger partial charge >= 0.3 is 5.97 Å². The van der Waals surface area contributed by atoms with E-state index in [4.69, 9.17) is 16.7 Å². The zero-order valence-electron chi connectivity index (χ0n) is 14.0. The molecular weight excluding hydrogens is 430 g/mol. The molecule has 0 saturated heterocycles. The molecule has 1 aliphatic rings. The maximum Gasteiger partial charge on any atom is 0.305 e. The summed E-state index contributed by atoms with van der Waals surface area (Å²) in [6.45, 7) is 0.00323. The van der Waals surface area contributed by atoms with Gasteiger partial charge in [-0.25, -0.2) is 13.8 Å². The van der Waals surface area contributed by atoms with Gasteiger partial charge in [-0.15, -0.1) is 23.1 Å². The highest BCUT2D eigenvalue weighted by molar-refractivity contribution is 8.01. The van der Waals surface area contributed by atoms with Crippen LogP contribution in [-0.2, 0) is 16.1 Å². The van der Waals surface area contributed by atoms with Gasteiger partial charge in [-0.05, 0) is 30.3 Å². The predicted molar refractivity (Wildman–Crippen MR) is 104 cm³/mol. The molecule has 1 amide bonds. The molecule has 1 N–H and O–H groups in total. The van der Waals surface area contributed by atoms with E-state index in [9.17, 15) is 18.4 Å². The predicted octanol–water partition coefficient (Wildman–Crippen LogP) is 4.71. The molecule has 1 aliphatic heterocycles. The second-order valence-corrected chi connectivity index (χ2v) is 8.85. The zero-order valence-corrected chi connectivity index (χ0v) is 16.4. The number of fused-ring (bicyclic) bond motifs is 2. The van der Waals surface area contributed by atoms with Crippen LogP contribution in [-0.4, -0.2) is 27.2 Å². The quantitative estimate of drug-likeness (QED) is 0.636. The van der Waals surface area contributed by atoms with Crippen LogP contribution >= 0.6 is 34.7 Å². The third-order valence-electron chi connectivity index (χ3n) is 4.17. The van der Waals surface area contributed by atoms with Crippen LogP contribution in [0.4, 0.5) is 14.5 Å². The number of carbonyl (C=O) groups excluding carboxylic acids is 1. The molecular formula is C18H11ClF2N2O3S2. The van der Waals surface area contributed by atoms with Crippen LogP contribution in [0.1, 0.15) is 11.4 Å². The molecule has 4 rings (SSSR count). The van der Waals surface area contributed by atoms with E-state index in [0.717, 1.165) is 17.4 Å². The Hall–Kier alpha value is -2.23. The zero-order chi connectivity index (χ0) is 20.0. The Morgan fingerprint density at radius 3 is 2.82 bits per heavy atom. The molecule has 0 fully saturated rings. The van der Waals surface area contributed by atoms with E-state index in [2.05, 4.69) is 4.98 Å². The van der Waals surface area contributed by atoms with E-state index in [-0.39, 0.29) is 18.5 Å². The minimum absolute atomic E-state index is 0.00323. The number of benzene rings is 2. The van der Waals surface area contributed by atoms with Gasteiger partial charge in [-0.2, -0.15) is 0 Å². The van der Waals surface area contributed by atoms with Crippen molar-refractivity contribution in [2.45, 2.75) is 23.1 Å². The van der Waals surface area contributed by atoms with E-state index in [0.29, 0.717) is 25.3 Å². The number of anilines is 1. The number of carboxylic acid groups (broad SMARTS) is 1. The van der Waals surface area contributed by atoms with Gasteiger partial charge in [0.1, 0.15) is 10.5 Å². The summed E-state index contributed by atoms with van der Waals surface area (Å²) in [5.41, 5.74) is 0.447. The van der Waals surface area contributed by atoms with Crippen molar-refractivity contribution in [2.24, 2.45) is 0 Å². The van der Waals surface area contributed by atoms with Crippen LogP contribution < -0.4 is 4.90 Å². The number of aromatic nitrogens is 1. The first-order valence-corrected chi connectivity index (χ1v) is 10.1. The summed E-state index contributed by atoms with van der Waals surface area (Å²) >= 11 is 8.38. The Morgan fingerprint density at radius 1 is 1.29 bits per heavy atom. The molecule has 0 spiro atoms. The Balaban J connectivity index is 1.74. The lowest BCUT2D eigenvalue weighted by Crippen LogP contribution is -2.41. The molecule has 1 unspecified atom stereocenters. The van der Waals surface area contributed by atoms with Crippen molar-refractivity contribution < 1.29 is 23.5 Å². The number of carbonyl (C=O) groups is 2. The summed E-state index contributed by atoms with van der Waals surface area (Å²) < 4.78 is 27.9. The molecule has 1 atom stereocenters. The van der Waals surface area contributed by atoms with Gasteiger partial charge in [0, 0.05) is 9.92 Å². The summed E-state index contributed by atoms with van der Waals surface area (Å²) in [5, 5.41) is 9.14. The van der Waals surface area contributed by atoms with Crippen molar-refractivity contribution in [2.75, 3.05) is 4.90 Å². The van der Waals surface area contributed by atoms with Crippen LogP contribution in [0, 0.1) is 11.6 Å². The molecule has 2 aromatic carbocycles. The summed E-state index contributed by atoms with van der Waals surface area (Å²) in [6, 6.07) is 7.46. The molecule has 0 radical (unpaired) electrons. The van der Waals surface area contributed by atoms with E-state index < -0.39 is 28.8 Å². The van der Waals surface area contributed by atoms with Crippen molar-refractivity contribution >= 4 is 62.5 Å². The fourth-order valence-electron chi connectivity index (χ4n) is 2.93. The lowest BCUT2D eigenvalue weighted by Gasteiger charge is -2.32. The smallest absolute Gasteiger partial charge is 0.305 e. The molecule has 5 nitrogen and oxygen atoms in total. The maximum absolute atomic E-state index is 14.0. The van der Waals surface area contributed by atoms with E-state index in [1.165, 1.54) is 22.7 Å². The van der Waals surface area contributed by atoms with Crippen molar-refractivity contribution in [3.8, 4) is 0 Å². The molecule has 0 saturated carbocycles. The number of carboxylic acids is 1. The van der Waals surface area contributed by atoms with E-state index in [1.807, 2.05) is 0 Å². The lowest BCUT2D eigenvalue weighted by atomic mass is 10.2. The molecule has 1 aromatic heterocycles. The topological polar surface area (TPSA) is 70.5 Å². The van der Waals surface area contributed by atoms with Crippen molar-refractivity contribution in [3.63, 3.8) is 0 Å². The summed E-state index contributed by atoms with van der Waals surface area (Å²) in [4.78, 5) is 30.3. The largest absolute Gasteiger partial charge is 0.481 e. The summed E-state index contributed by atoms with van der Waals surface area (Å²) in [7, 11) is 0. The Labute approximate surface area is 170 Å². The van der Waals surface area contributed by atoms with Crippen molar-refractivity contribution in [1.82, 2.24) is 4.98 Å². The summed E-state index contributed by atoms with van der Waals surface area (Å²) in [5.74, 6) is -3.50. The number of amides is 1. The fourth-order valence-corrected chi connectivity index (χ4v) is 5.25. The van der Waals surface area contributed by atoms with Crippen LogP contribution in [0.3, 0.4) is 0 Å². The first kappa shape index (κ1) is 19.1. The average Bonchev–Trinajstić information content (AvgIpc) is 3.05. The highest BCUT2D eigenvalue weighted by atomic mass is 35.5. The van der Waals surface area contributed by atoms with Crippen LogP contribution in [0.15, 0.2) is 35.2 Å². The normalized spacial score (nSPS) is 16.5. The van der Waals surface area contributed by atoms with E-state index >= 15 is 0 Å². The second kappa shape index (κ2) is 7.31. The third-order valence-corrected chi connectivity index (χ3v) is 6.66. The van der Waals surface area contributed by atoms with Crippen molar-refractivity contribution in [1.29, 1.82) is 0 Å². The highest BCUT2D eigenvalue weighted by Crippen LogP contribution is 2.42. The number of nitrogens with zero attached hydrogens (tertiary/aromatic N) is 2. The van der Waals surface area contributed by atoms with Gasteiger partial charge in [0.05, 0.1) is 28.6 Å². The number of hydrogen-bond acceptors (Lipinski definition) is 5. The molecule has 28 heavy (non-hydrogen) atoms. The summed E-state index contributed by atoms with van der Waals surface area (Å²) in [6.07, 6.45) is -0.332. The molecule has 10 heteroatoms. The van der Waals surface area contributed by atoms with Crippen molar-refractivity contribution in [3.05, 3.63) is 52.0 Å². The second-order valence-electron chi connectivity index (χ2n) is 6.06. The fraction of sp³-hybridized carbons (Fsp3) is 0.167. The van der Waals surface area contributed by atoms with E-state index in [1.54, 1.807) is 18.2 Å². The number of halogens is 3. The molecule has 144 valence electrons. The van der Waals surface area contributed by atoms with Crippen LogP contribution in [0.5, 0.6) is 0 Å². The van der Waals surface area contributed by atoms with Crippen LogP contribution in [0.2, 0.25) is 5.02 Å². The first-order valence-electron chi connectivity index (χ1n) is 8.06. The standard InChI is InChI=1S/C18H11ClF2N2O3S2/c19-8-1-3-11-10(5-8)23(18(26)13(27-11)6-15(24)25)7-14-22-17-12(28-14)4-2-9(20)16(17)21/h1-5,13H,6-7H2,(H,24,25). The number of thiazole rings is 1. The molecule has 2 heterocycles. The highest BCUT2D eigenvalue weighted by Gasteiger charge is 2.35. The maximum atomic E-state index is 14.0. The molecule has 3 aromatic rings. The Bertz CT molecular complexity index is 1120. The van der Waals surface area contributed by atoms with Gasteiger partial charge in [0.2, 0.25) is 5.91 Å². The number of aliphatic carboxylic acids is 1. The Kier molecular flexibility index (Phi) is 4.98. The molecule has 0 aliphatic carbocycles. The number of hydrogen-bond donors (Lipinski definition) is 1. The van der Waals surface area contributed by atoms with Crippen LogP contribution in [0.25, 0.3) is 10.2 Å². The monoisotopic (exact) mass is 440 g/mol. The Morgan fingerprint density at radius 2 is 2.07 bits per heavy atom. The van der Waals surface area contributed by atoms with Gasteiger partial charge < -0.3 is 10.0 Å². The van der Waals surface area contributed by atoms with Gasteiger partial charge in [-0.3, -0.25) is 9.59 Å². The average molecular weight is 441 g/mol. The SMILES string of the molecule is O=C(O)CC1Sc2ccc(Cl)cc2N(Cc2nc3c(F)c(F)ccc3s2)C1=O. The minimum Gasteiger partial charge on any atom is -0.481 e. The molecule has 0 bridgehead atoms. The van der Waals surface area contributed by atoms with Gasteiger partial charge in [-0.1, -0.05) is 11.6 Å². The number of rotatable bonds is 4.